The minimum absolute atomic E-state index is 0.214. The number of benzene rings is 3. The second kappa shape index (κ2) is 8.83. The average Bonchev–Trinajstić information content (AvgIpc) is 3.23. The maximum absolute atomic E-state index is 12.3. The lowest BCUT2D eigenvalue weighted by Gasteiger charge is -2.16. The van der Waals surface area contributed by atoms with Crippen molar-refractivity contribution in [2.75, 3.05) is 6.61 Å². The van der Waals surface area contributed by atoms with Crippen LogP contribution in [0, 0.1) is 6.92 Å². The number of fused-ring (bicyclic) bond motifs is 1. The van der Waals surface area contributed by atoms with E-state index in [1.165, 1.54) is 0 Å². The van der Waals surface area contributed by atoms with Crippen LogP contribution >= 0.6 is 0 Å². The second-order valence-corrected chi connectivity index (χ2v) is 7.36. The summed E-state index contributed by atoms with van der Waals surface area (Å²) in [5.74, 6) is -0.894. The third-order valence-electron chi connectivity index (χ3n) is 5.18. The van der Waals surface area contributed by atoms with Gasteiger partial charge in [-0.05, 0) is 60.5 Å². The third kappa shape index (κ3) is 4.48. The molecule has 156 valence electrons. The standard InChI is InChI=1S/C25H23N3O3/c1-17-14-15-26-28(17)21-12-10-20(11-13-21)25(30)31-16-24(29)27-18(2)22-9-5-7-19-6-3-4-8-23(19)22/h3-15,18H,16H2,1-2H3,(H,27,29)/t18-/m0/s1. The molecule has 0 aliphatic rings. The summed E-state index contributed by atoms with van der Waals surface area (Å²) >= 11 is 0. The Hall–Kier alpha value is -3.93. The van der Waals surface area contributed by atoms with Gasteiger partial charge in [0, 0.05) is 11.9 Å². The van der Waals surface area contributed by atoms with Gasteiger partial charge in [-0.25, -0.2) is 9.48 Å². The monoisotopic (exact) mass is 413 g/mol. The Morgan fingerprint density at radius 3 is 2.48 bits per heavy atom. The number of ether oxygens (including phenoxy) is 1. The van der Waals surface area contributed by atoms with Gasteiger partial charge < -0.3 is 10.1 Å². The first-order valence-electron chi connectivity index (χ1n) is 10.1. The predicted molar refractivity (Wildman–Crippen MR) is 119 cm³/mol. The molecular formula is C25H23N3O3. The molecule has 1 atom stereocenters. The van der Waals surface area contributed by atoms with Crippen LogP contribution in [0.1, 0.15) is 34.6 Å². The minimum Gasteiger partial charge on any atom is -0.452 e. The number of esters is 1. The van der Waals surface area contributed by atoms with E-state index in [4.69, 9.17) is 4.74 Å². The lowest BCUT2D eigenvalue weighted by Crippen LogP contribution is -2.31. The summed E-state index contributed by atoms with van der Waals surface area (Å²) in [6, 6.07) is 22.6. The maximum atomic E-state index is 12.3. The summed E-state index contributed by atoms with van der Waals surface area (Å²) < 4.78 is 6.97. The molecule has 0 radical (unpaired) electrons. The number of hydrogen-bond acceptors (Lipinski definition) is 4. The quantitative estimate of drug-likeness (QED) is 0.477. The molecule has 0 aliphatic heterocycles. The van der Waals surface area contributed by atoms with Gasteiger partial charge in [0.25, 0.3) is 5.91 Å². The van der Waals surface area contributed by atoms with Gasteiger partial charge in [0.05, 0.1) is 17.3 Å². The van der Waals surface area contributed by atoms with E-state index in [0.29, 0.717) is 5.56 Å². The number of amides is 1. The highest BCUT2D eigenvalue weighted by Gasteiger charge is 2.15. The number of carbonyl (C=O) groups excluding carboxylic acids is 2. The zero-order valence-electron chi connectivity index (χ0n) is 17.4. The average molecular weight is 413 g/mol. The van der Waals surface area contributed by atoms with Crippen LogP contribution in [0.5, 0.6) is 0 Å². The first kappa shape index (κ1) is 20.3. The van der Waals surface area contributed by atoms with Gasteiger partial charge in [0.2, 0.25) is 0 Å². The Kier molecular flexibility index (Phi) is 5.80. The largest absolute Gasteiger partial charge is 0.452 e. The normalized spacial score (nSPS) is 11.8. The van der Waals surface area contributed by atoms with Crippen molar-refractivity contribution in [3.05, 3.63) is 95.8 Å². The van der Waals surface area contributed by atoms with Gasteiger partial charge in [0.15, 0.2) is 6.61 Å². The van der Waals surface area contributed by atoms with Crippen molar-refractivity contribution in [2.24, 2.45) is 0 Å². The van der Waals surface area contributed by atoms with Crippen LogP contribution < -0.4 is 5.32 Å². The Morgan fingerprint density at radius 1 is 1.00 bits per heavy atom. The number of aromatic nitrogens is 2. The van der Waals surface area contributed by atoms with Gasteiger partial charge in [-0.1, -0.05) is 42.5 Å². The smallest absolute Gasteiger partial charge is 0.338 e. The number of aryl methyl sites for hydroxylation is 1. The van der Waals surface area contributed by atoms with Crippen molar-refractivity contribution in [1.82, 2.24) is 15.1 Å². The predicted octanol–water partition coefficient (Wildman–Crippen LogP) is 4.37. The Balaban J connectivity index is 1.35. The zero-order valence-corrected chi connectivity index (χ0v) is 17.4. The molecule has 1 heterocycles. The molecule has 0 spiro atoms. The molecule has 3 aromatic carbocycles. The lowest BCUT2D eigenvalue weighted by molar-refractivity contribution is -0.124. The Morgan fingerprint density at radius 2 is 1.74 bits per heavy atom. The van der Waals surface area contributed by atoms with Crippen LogP contribution in [-0.2, 0) is 9.53 Å². The van der Waals surface area contributed by atoms with E-state index in [0.717, 1.165) is 27.7 Å². The topological polar surface area (TPSA) is 73.2 Å². The first-order chi connectivity index (χ1) is 15.0. The molecule has 1 N–H and O–H groups in total. The van der Waals surface area contributed by atoms with Crippen LogP contribution in [0.2, 0.25) is 0 Å². The van der Waals surface area contributed by atoms with Gasteiger partial charge >= 0.3 is 5.97 Å². The molecule has 31 heavy (non-hydrogen) atoms. The highest BCUT2D eigenvalue weighted by molar-refractivity contribution is 5.92. The molecule has 0 unspecified atom stereocenters. The van der Waals surface area contributed by atoms with E-state index in [2.05, 4.69) is 10.4 Å². The summed E-state index contributed by atoms with van der Waals surface area (Å²) in [5.41, 5.74) is 3.23. The molecule has 6 heteroatoms. The lowest BCUT2D eigenvalue weighted by atomic mass is 10.00. The molecule has 0 saturated carbocycles. The van der Waals surface area contributed by atoms with Crippen LogP contribution in [0.15, 0.2) is 79.0 Å². The minimum atomic E-state index is -0.545. The summed E-state index contributed by atoms with van der Waals surface area (Å²) in [6.07, 6.45) is 1.72. The fourth-order valence-corrected chi connectivity index (χ4v) is 3.58. The number of carbonyl (C=O) groups is 2. The molecule has 4 rings (SSSR count). The summed E-state index contributed by atoms with van der Waals surface area (Å²) in [6.45, 7) is 3.53. The number of nitrogens with one attached hydrogen (secondary N) is 1. The molecular weight excluding hydrogens is 390 g/mol. The molecule has 0 saturated heterocycles. The van der Waals surface area contributed by atoms with Crippen molar-refractivity contribution in [3.8, 4) is 5.69 Å². The number of rotatable bonds is 6. The van der Waals surface area contributed by atoms with Gasteiger partial charge in [-0.15, -0.1) is 0 Å². The molecule has 6 nitrogen and oxygen atoms in total. The molecule has 0 aliphatic carbocycles. The van der Waals surface area contributed by atoms with Crippen molar-refractivity contribution in [2.45, 2.75) is 19.9 Å². The first-order valence-corrected chi connectivity index (χ1v) is 10.1. The van der Waals surface area contributed by atoms with Crippen LogP contribution in [0.3, 0.4) is 0 Å². The summed E-state index contributed by atoms with van der Waals surface area (Å²) in [5, 5.41) is 9.34. The fourth-order valence-electron chi connectivity index (χ4n) is 3.58. The number of nitrogens with zero attached hydrogens (tertiary/aromatic N) is 2. The van der Waals surface area contributed by atoms with Gasteiger partial charge in [-0.3, -0.25) is 4.79 Å². The zero-order chi connectivity index (χ0) is 21.8. The van der Waals surface area contributed by atoms with Crippen molar-refractivity contribution in [3.63, 3.8) is 0 Å². The molecule has 1 amide bonds. The van der Waals surface area contributed by atoms with Crippen molar-refractivity contribution >= 4 is 22.6 Å². The second-order valence-electron chi connectivity index (χ2n) is 7.36. The fraction of sp³-hybridized carbons (Fsp3) is 0.160. The van der Waals surface area contributed by atoms with Gasteiger partial charge in [0.1, 0.15) is 0 Å². The van der Waals surface area contributed by atoms with E-state index < -0.39 is 5.97 Å². The van der Waals surface area contributed by atoms with Crippen LogP contribution in [0.4, 0.5) is 0 Å². The van der Waals surface area contributed by atoms with E-state index in [1.54, 1.807) is 35.1 Å². The number of hydrogen-bond donors (Lipinski definition) is 1. The Labute approximate surface area is 180 Å². The molecule has 0 bridgehead atoms. The SMILES string of the molecule is Cc1ccnn1-c1ccc(C(=O)OCC(=O)N[C@@H](C)c2cccc3ccccc23)cc1. The van der Waals surface area contributed by atoms with Gasteiger partial charge in [-0.2, -0.15) is 5.10 Å². The van der Waals surface area contributed by atoms with Crippen LogP contribution in [-0.4, -0.2) is 28.3 Å². The molecule has 4 aromatic rings. The Bertz CT molecular complexity index is 1220. The highest BCUT2D eigenvalue weighted by atomic mass is 16.5. The van der Waals surface area contributed by atoms with E-state index in [1.807, 2.05) is 62.4 Å². The summed E-state index contributed by atoms with van der Waals surface area (Å²) in [4.78, 5) is 24.7. The summed E-state index contributed by atoms with van der Waals surface area (Å²) in [7, 11) is 0. The highest BCUT2D eigenvalue weighted by Crippen LogP contribution is 2.24. The van der Waals surface area contributed by atoms with E-state index in [9.17, 15) is 9.59 Å². The molecule has 1 aromatic heterocycles. The third-order valence-corrected chi connectivity index (χ3v) is 5.18. The van der Waals surface area contributed by atoms with Crippen molar-refractivity contribution in [1.29, 1.82) is 0 Å². The van der Waals surface area contributed by atoms with E-state index >= 15 is 0 Å². The van der Waals surface area contributed by atoms with Crippen LogP contribution in [0.25, 0.3) is 16.5 Å². The van der Waals surface area contributed by atoms with Crippen molar-refractivity contribution < 1.29 is 14.3 Å². The molecule has 0 fully saturated rings. The van der Waals surface area contributed by atoms with E-state index in [-0.39, 0.29) is 18.6 Å². The maximum Gasteiger partial charge on any atom is 0.338 e.